The van der Waals surface area contributed by atoms with Gasteiger partial charge >= 0.3 is 0 Å². The summed E-state index contributed by atoms with van der Waals surface area (Å²) in [5, 5.41) is 0. The number of pyridine rings is 1. The molecule has 0 aliphatic rings. The maximum Gasteiger partial charge on any atom is 0.220 e. The predicted molar refractivity (Wildman–Crippen MR) is 91.2 cm³/mol. The molecule has 1 aromatic carbocycles. The van der Waals surface area contributed by atoms with Crippen molar-refractivity contribution < 1.29 is 0 Å². The van der Waals surface area contributed by atoms with E-state index < -0.39 is 0 Å². The van der Waals surface area contributed by atoms with Gasteiger partial charge in [-0.05, 0) is 31.2 Å². The van der Waals surface area contributed by atoms with Crippen molar-refractivity contribution in [3.8, 4) is 23.1 Å². The molecule has 5 nitrogen and oxygen atoms in total. The lowest BCUT2D eigenvalue weighted by molar-refractivity contribution is 1.11. The van der Waals surface area contributed by atoms with E-state index in [1.54, 1.807) is 12.4 Å². The monoisotopic (exact) mass is 301 g/mol. The van der Waals surface area contributed by atoms with E-state index >= 15 is 0 Å². The third-order valence-electron chi connectivity index (χ3n) is 3.26. The molecule has 0 fully saturated rings. The Hall–Kier alpha value is -3.39. The van der Waals surface area contributed by atoms with Crippen LogP contribution in [0.1, 0.15) is 16.8 Å². The molecule has 0 atom stereocenters. The van der Waals surface area contributed by atoms with Crippen LogP contribution in [0.4, 0.5) is 11.6 Å². The van der Waals surface area contributed by atoms with Gasteiger partial charge in [0, 0.05) is 29.2 Å². The van der Waals surface area contributed by atoms with Gasteiger partial charge in [-0.25, -0.2) is 9.97 Å². The second-order valence-electron chi connectivity index (χ2n) is 5.01. The summed E-state index contributed by atoms with van der Waals surface area (Å²) in [6.45, 7) is 1.86. The van der Waals surface area contributed by atoms with Crippen LogP contribution in [0.2, 0.25) is 0 Å². The molecule has 0 radical (unpaired) electrons. The molecule has 3 rings (SSSR count). The Morgan fingerprint density at radius 3 is 2.61 bits per heavy atom. The van der Waals surface area contributed by atoms with Gasteiger partial charge in [0.25, 0.3) is 0 Å². The summed E-state index contributed by atoms with van der Waals surface area (Å²) >= 11 is 0. The summed E-state index contributed by atoms with van der Waals surface area (Å²) in [5.41, 5.74) is 16.1. The fourth-order valence-electron chi connectivity index (χ4n) is 2.21. The van der Waals surface area contributed by atoms with E-state index in [0.29, 0.717) is 11.4 Å². The highest BCUT2D eigenvalue weighted by Crippen LogP contribution is 2.25. The first-order valence-corrected chi connectivity index (χ1v) is 7.05. The summed E-state index contributed by atoms with van der Waals surface area (Å²) < 4.78 is 0. The highest BCUT2D eigenvalue weighted by Gasteiger charge is 2.11. The molecule has 4 N–H and O–H groups in total. The highest BCUT2D eigenvalue weighted by molar-refractivity contribution is 5.72. The number of anilines is 2. The first-order chi connectivity index (χ1) is 11.1. The number of hydrogen-bond donors (Lipinski definition) is 2. The van der Waals surface area contributed by atoms with Crippen LogP contribution in [0.3, 0.4) is 0 Å². The Kier molecular flexibility index (Phi) is 3.89. The minimum Gasteiger partial charge on any atom is -0.399 e. The number of nitrogen functional groups attached to an aromatic ring is 2. The van der Waals surface area contributed by atoms with Gasteiger partial charge in [-0.2, -0.15) is 0 Å². The van der Waals surface area contributed by atoms with Crippen LogP contribution in [0, 0.1) is 18.8 Å². The van der Waals surface area contributed by atoms with Crippen molar-refractivity contribution in [2.75, 3.05) is 11.5 Å². The molecule has 112 valence electrons. The molecular formula is C18H15N5. The fraction of sp³-hybridized carbons (Fsp3) is 0.0556. The fourth-order valence-corrected chi connectivity index (χ4v) is 2.21. The Labute approximate surface area is 134 Å². The lowest BCUT2D eigenvalue weighted by Crippen LogP contribution is -2.03. The minimum atomic E-state index is 0.215. The third kappa shape index (κ3) is 3.27. The van der Waals surface area contributed by atoms with Crippen molar-refractivity contribution in [3.05, 3.63) is 65.6 Å². The van der Waals surface area contributed by atoms with E-state index in [9.17, 15) is 0 Å². The molecule has 2 aromatic heterocycles. The van der Waals surface area contributed by atoms with Crippen molar-refractivity contribution in [1.82, 2.24) is 15.0 Å². The zero-order valence-corrected chi connectivity index (χ0v) is 12.6. The van der Waals surface area contributed by atoms with Crippen molar-refractivity contribution in [2.24, 2.45) is 0 Å². The standard InChI is InChI=1S/C18H15N5/c1-12-16(8-7-13-4-3-9-21-11-13)17(23-18(20)22-12)14-5-2-6-15(19)10-14/h2-6,9-11H,19H2,1H3,(H2,20,22,23). The van der Waals surface area contributed by atoms with Crippen LogP contribution < -0.4 is 11.5 Å². The van der Waals surface area contributed by atoms with Gasteiger partial charge in [0.05, 0.1) is 17.0 Å². The van der Waals surface area contributed by atoms with E-state index in [1.165, 1.54) is 0 Å². The molecule has 23 heavy (non-hydrogen) atoms. The number of nitrogens with two attached hydrogens (primary N) is 2. The molecule has 0 saturated carbocycles. The van der Waals surface area contributed by atoms with E-state index in [4.69, 9.17) is 11.5 Å². The van der Waals surface area contributed by atoms with Gasteiger partial charge in [0.1, 0.15) is 0 Å². The smallest absolute Gasteiger partial charge is 0.220 e. The van der Waals surface area contributed by atoms with Crippen LogP contribution in [0.15, 0.2) is 48.8 Å². The van der Waals surface area contributed by atoms with Gasteiger partial charge in [-0.15, -0.1) is 0 Å². The van der Waals surface area contributed by atoms with Gasteiger partial charge in [0.2, 0.25) is 5.95 Å². The topological polar surface area (TPSA) is 90.7 Å². The molecule has 2 heterocycles. The van der Waals surface area contributed by atoms with E-state index in [0.717, 1.165) is 22.4 Å². The van der Waals surface area contributed by atoms with Crippen LogP contribution in [-0.4, -0.2) is 15.0 Å². The maximum absolute atomic E-state index is 5.87. The zero-order chi connectivity index (χ0) is 16.2. The van der Waals surface area contributed by atoms with E-state index in [-0.39, 0.29) is 5.95 Å². The first-order valence-electron chi connectivity index (χ1n) is 7.05. The molecule has 0 saturated heterocycles. The van der Waals surface area contributed by atoms with Crippen LogP contribution in [0.5, 0.6) is 0 Å². The second-order valence-corrected chi connectivity index (χ2v) is 5.01. The molecule has 0 amide bonds. The molecule has 0 bridgehead atoms. The van der Waals surface area contributed by atoms with Gasteiger partial charge in [-0.1, -0.05) is 24.0 Å². The predicted octanol–water partition coefficient (Wildman–Crippen LogP) is 2.41. The molecular weight excluding hydrogens is 286 g/mol. The summed E-state index contributed by atoms with van der Waals surface area (Å²) in [7, 11) is 0. The van der Waals surface area contributed by atoms with E-state index in [2.05, 4.69) is 26.8 Å². The van der Waals surface area contributed by atoms with Gasteiger partial charge in [0.15, 0.2) is 0 Å². The maximum atomic E-state index is 5.87. The van der Waals surface area contributed by atoms with E-state index in [1.807, 2.05) is 43.3 Å². The Bertz CT molecular complexity index is 908. The summed E-state index contributed by atoms with van der Waals surface area (Å²) in [4.78, 5) is 12.6. The lowest BCUT2D eigenvalue weighted by Gasteiger charge is -2.08. The summed E-state index contributed by atoms with van der Waals surface area (Å²) in [5.74, 6) is 6.43. The highest BCUT2D eigenvalue weighted by atomic mass is 15.0. The normalized spacial score (nSPS) is 9.96. The van der Waals surface area contributed by atoms with Crippen LogP contribution in [0.25, 0.3) is 11.3 Å². The Morgan fingerprint density at radius 1 is 1.00 bits per heavy atom. The number of benzene rings is 1. The Balaban J connectivity index is 2.15. The average molecular weight is 301 g/mol. The number of aryl methyl sites for hydroxylation is 1. The molecule has 3 aromatic rings. The number of rotatable bonds is 1. The molecule has 0 aliphatic heterocycles. The van der Waals surface area contributed by atoms with Crippen LogP contribution >= 0.6 is 0 Å². The second kappa shape index (κ2) is 6.16. The number of nitrogens with zero attached hydrogens (tertiary/aromatic N) is 3. The van der Waals surface area contributed by atoms with Crippen LogP contribution in [-0.2, 0) is 0 Å². The lowest BCUT2D eigenvalue weighted by atomic mass is 10.0. The molecule has 5 heteroatoms. The average Bonchev–Trinajstić information content (AvgIpc) is 2.54. The van der Waals surface area contributed by atoms with Gasteiger partial charge in [-0.3, -0.25) is 4.98 Å². The molecule has 0 unspecified atom stereocenters. The van der Waals surface area contributed by atoms with Gasteiger partial charge < -0.3 is 11.5 Å². The number of aromatic nitrogens is 3. The minimum absolute atomic E-state index is 0.215. The van der Waals surface area contributed by atoms with Crippen molar-refractivity contribution in [1.29, 1.82) is 0 Å². The Morgan fingerprint density at radius 2 is 1.87 bits per heavy atom. The third-order valence-corrected chi connectivity index (χ3v) is 3.26. The van der Waals surface area contributed by atoms with Crippen molar-refractivity contribution in [2.45, 2.75) is 6.92 Å². The molecule has 0 spiro atoms. The SMILES string of the molecule is Cc1nc(N)nc(-c2cccc(N)c2)c1C#Cc1cccnc1. The van der Waals surface area contributed by atoms with Crippen molar-refractivity contribution >= 4 is 11.6 Å². The largest absolute Gasteiger partial charge is 0.399 e. The zero-order valence-electron chi connectivity index (χ0n) is 12.6. The molecule has 0 aliphatic carbocycles. The summed E-state index contributed by atoms with van der Waals surface area (Å²) in [6, 6.07) is 11.2. The first kappa shape index (κ1) is 14.5. The quantitative estimate of drug-likeness (QED) is 0.532. The number of hydrogen-bond acceptors (Lipinski definition) is 5. The van der Waals surface area contributed by atoms with Crippen molar-refractivity contribution in [3.63, 3.8) is 0 Å². The summed E-state index contributed by atoms with van der Waals surface area (Å²) in [6.07, 6.45) is 3.42.